The highest BCUT2D eigenvalue weighted by Gasteiger charge is 2.07. The lowest BCUT2D eigenvalue weighted by molar-refractivity contribution is 0.0952. The maximum absolute atomic E-state index is 11.8. The first kappa shape index (κ1) is 16.0. The molecule has 0 saturated heterocycles. The van der Waals surface area contributed by atoms with Crippen molar-refractivity contribution >= 4 is 21.8 Å². The molecule has 0 saturated carbocycles. The Bertz CT molecular complexity index is 407. The van der Waals surface area contributed by atoms with Crippen LogP contribution in [0.3, 0.4) is 0 Å². The monoisotopic (exact) mass is 327 g/mol. The van der Waals surface area contributed by atoms with Crippen LogP contribution in [-0.4, -0.2) is 17.6 Å². The Morgan fingerprint density at radius 2 is 1.89 bits per heavy atom. The van der Waals surface area contributed by atoms with Gasteiger partial charge in [-0.3, -0.25) is 4.79 Å². The van der Waals surface area contributed by atoms with Crippen molar-refractivity contribution in [3.63, 3.8) is 0 Å². The Labute approximate surface area is 123 Å². The van der Waals surface area contributed by atoms with Crippen molar-refractivity contribution < 1.29 is 9.90 Å². The maximum Gasteiger partial charge on any atom is 0.251 e. The van der Waals surface area contributed by atoms with Crippen LogP contribution in [0.4, 0.5) is 0 Å². The predicted octanol–water partition coefficient (Wildman–Crippen LogP) is 4.25. The Kier molecular flexibility index (Phi) is 7.56. The van der Waals surface area contributed by atoms with E-state index in [1.54, 1.807) is 12.1 Å². The van der Waals surface area contributed by atoms with Gasteiger partial charge in [-0.25, -0.2) is 0 Å². The number of phenols is 1. The van der Waals surface area contributed by atoms with Gasteiger partial charge in [-0.05, 0) is 40.5 Å². The molecule has 0 aliphatic heterocycles. The van der Waals surface area contributed by atoms with Crippen LogP contribution in [0.2, 0.25) is 0 Å². The van der Waals surface area contributed by atoms with Gasteiger partial charge in [-0.15, -0.1) is 0 Å². The van der Waals surface area contributed by atoms with Crippen molar-refractivity contribution in [2.45, 2.75) is 45.4 Å². The number of amides is 1. The zero-order valence-corrected chi connectivity index (χ0v) is 13.0. The molecule has 0 aliphatic carbocycles. The van der Waals surface area contributed by atoms with E-state index in [1.165, 1.54) is 31.7 Å². The number of hydrogen-bond acceptors (Lipinski definition) is 2. The number of nitrogens with one attached hydrogen (secondary N) is 1. The zero-order valence-electron chi connectivity index (χ0n) is 11.4. The second-order valence-electron chi connectivity index (χ2n) is 4.69. The van der Waals surface area contributed by atoms with Crippen molar-refractivity contribution in [2.24, 2.45) is 0 Å². The van der Waals surface area contributed by atoms with Gasteiger partial charge in [0.25, 0.3) is 5.91 Å². The first-order valence-electron chi connectivity index (χ1n) is 6.92. The van der Waals surface area contributed by atoms with E-state index >= 15 is 0 Å². The number of aromatic hydroxyl groups is 1. The summed E-state index contributed by atoms with van der Waals surface area (Å²) >= 11 is 3.19. The zero-order chi connectivity index (χ0) is 14.1. The van der Waals surface area contributed by atoms with Crippen molar-refractivity contribution in [3.05, 3.63) is 28.2 Å². The molecule has 0 atom stereocenters. The lowest BCUT2D eigenvalue weighted by atomic mass is 10.1. The van der Waals surface area contributed by atoms with Gasteiger partial charge >= 0.3 is 0 Å². The van der Waals surface area contributed by atoms with Gasteiger partial charge in [0.05, 0.1) is 4.47 Å². The second-order valence-corrected chi connectivity index (χ2v) is 5.54. The van der Waals surface area contributed by atoms with Gasteiger partial charge in [0.2, 0.25) is 0 Å². The molecule has 1 aromatic carbocycles. The molecule has 3 nitrogen and oxygen atoms in total. The Morgan fingerprint density at radius 1 is 1.21 bits per heavy atom. The summed E-state index contributed by atoms with van der Waals surface area (Å²) in [5.74, 6) is -0.0384. The highest BCUT2D eigenvalue weighted by atomic mass is 79.9. The average Bonchev–Trinajstić information content (AvgIpc) is 2.40. The van der Waals surface area contributed by atoms with E-state index in [0.29, 0.717) is 16.6 Å². The number of unbranched alkanes of at least 4 members (excludes halogenated alkanes) is 5. The summed E-state index contributed by atoms with van der Waals surface area (Å²) in [5, 5.41) is 12.4. The third kappa shape index (κ3) is 6.10. The summed E-state index contributed by atoms with van der Waals surface area (Å²) in [7, 11) is 0. The van der Waals surface area contributed by atoms with E-state index in [4.69, 9.17) is 0 Å². The molecule has 0 aliphatic rings. The van der Waals surface area contributed by atoms with E-state index in [9.17, 15) is 9.90 Å². The van der Waals surface area contributed by atoms with Crippen molar-refractivity contribution in [1.29, 1.82) is 0 Å². The number of rotatable bonds is 8. The van der Waals surface area contributed by atoms with Gasteiger partial charge in [0.15, 0.2) is 0 Å². The summed E-state index contributed by atoms with van der Waals surface area (Å²) in [6.07, 6.45) is 7.24. The van der Waals surface area contributed by atoms with Crippen molar-refractivity contribution in [3.8, 4) is 5.75 Å². The quantitative estimate of drug-likeness (QED) is 0.701. The lowest BCUT2D eigenvalue weighted by Gasteiger charge is -2.06. The van der Waals surface area contributed by atoms with Gasteiger partial charge in [-0.2, -0.15) is 0 Å². The molecule has 0 unspecified atom stereocenters. The molecular weight excluding hydrogens is 306 g/mol. The molecular formula is C15H22BrNO2. The molecule has 106 valence electrons. The molecule has 0 radical (unpaired) electrons. The molecule has 0 heterocycles. The van der Waals surface area contributed by atoms with Gasteiger partial charge in [0, 0.05) is 12.1 Å². The molecule has 2 N–H and O–H groups in total. The minimum Gasteiger partial charge on any atom is -0.507 e. The highest BCUT2D eigenvalue weighted by Crippen LogP contribution is 2.24. The third-order valence-corrected chi connectivity index (χ3v) is 3.69. The largest absolute Gasteiger partial charge is 0.507 e. The van der Waals surface area contributed by atoms with Crippen LogP contribution in [-0.2, 0) is 0 Å². The highest BCUT2D eigenvalue weighted by molar-refractivity contribution is 9.10. The number of carbonyl (C=O) groups excluding carboxylic acids is 1. The molecule has 1 rings (SSSR count). The predicted molar refractivity (Wildman–Crippen MR) is 81.5 cm³/mol. The standard InChI is InChI=1S/C15H22BrNO2/c1-2-3-4-5-6-7-10-17-15(19)12-8-9-13(16)14(18)11-12/h8-9,11,18H,2-7,10H2,1H3,(H,17,19). The number of benzene rings is 1. The molecule has 1 aromatic rings. The molecule has 0 bridgehead atoms. The Balaban J connectivity index is 2.22. The van der Waals surface area contributed by atoms with Crippen LogP contribution in [0, 0.1) is 0 Å². The van der Waals surface area contributed by atoms with Gasteiger partial charge < -0.3 is 10.4 Å². The number of carbonyl (C=O) groups is 1. The fourth-order valence-corrected chi connectivity index (χ4v) is 2.11. The smallest absolute Gasteiger partial charge is 0.251 e. The van der Waals surface area contributed by atoms with Gasteiger partial charge in [-0.1, -0.05) is 39.0 Å². The minimum absolute atomic E-state index is 0.0900. The summed E-state index contributed by atoms with van der Waals surface area (Å²) in [4.78, 5) is 11.8. The summed E-state index contributed by atoms with van der Waals surface area (Å²) in [6.45, 7) is 2.90. The van der Waals surface area contributed by atoms with Crippen LogP contribution < -0.4 is 5.32 Å². The lowest BCUT2D eigenvalue weighted by Crippen LogP contribution is -2.24. The summed E-state index contributed by atoms with van der Waals surface area (Å²) < 4.78 is 0.597. The van der Waals surface area contributed by atoms with Crippen molar-refractivity contribution in [1.82, 2.24) is 5.32 Å². The first-order valence-corrected chi connectivity index (χ1v) is 7.71. The summed E-state index contributed by atoms with van der Waals surface area (Å²) in [6, 6.07) is 4.84. The first-order chi connectivity index (χ1) is 9.15. The minimum atomic E-state index is -0.128. The van der Waals surface area contributed by atoms with Crippen LogP contribution in [0.1, 0.15) is 55.8 Å². The van der Waals surface area contributed by atoms with E-state index < -0.39 is 0 Å². The SMILES string of the molecule is CCCCCCCCNC(=O)c1ccc(Br)c(O)c1. The maximum atomic E-state index is 11.8. The average molecular weight is 328 g/mol. The molecule has 1 amide bonds. The van der Waals surface area contributed by atoms with E-state index in [0.717, 1.165) is 12.8 Å². The molecule has 0 spiro atoms. The van der Waals surface area contributed by atoms with Crippen molar-refractivity contribution in [2.75, 3.05) is 6.54 Å². The Morgan fingerprint density at radius 3 is 2.58 bits per heavy atom. The molecule has 19 heavy (non-hydrogen) atoms. The normalized spacial score (nSPS) is 10.4. The van der Waals surface area contributed by atoms with Crippen LogP contribution >= 0.6 is 15.9 Å². The molecule has 4 heteroatoms. The topological polar surface area (TPSA) is 49.3 Å². The Hall–Kier alpha value is -1.03. The van der Waals surface area contributed by atoms with Gasteiger partial charge in [0.1, 0.15) is 5.75 Å². The molecule has 0 fully saturated rings. The molecule has 0 aromatic heterocycles. The van der Waals surface area contributed by atoms with Crippen LogP contribution in [0.5, 0.6) is 5.75 Å². The number of halogens is 1. The van der Waals surface area contributed by atoms with Crippen LogP contribution in [0.15, 0.2) is 22.7 Å². The van der Waals surface area contributed by atoms with E-state index in [-0.39, 0.29) is 11.7 Å². The number of hydrogen-bond donors (Lipinski definition) is 2. The third-order valence-electron chi connectivity index (χ3n) is 3.02. The second kappa shape index (κ2) is 8.97. The number of phenolic OH excluding ortho intramolecular Hbond substituents is 1. The summed E-state index contributed by atoms with van der Waals surface area (Å²) in [5.41, 5.74) is 0.492. The van der Waals surface area contributed by atoms with E-state index in [1.807, 2.05) is 0 Å². The fourth-order valence-electron chi connectivity index (χ4n) is 1.86. The van der Waals surface area contributed by atoms with E-state index in [2.05, 4.69) is 28.2 Å². The van der Waals surface area contributed by atoms with Crippen LogP contribution in [0.25, 0.3) is 0 Å². The fraction of sp³-hybridized carbons (Fsp3) is 0.533.